The van der Waals surface area contributed by atoms with E-state index in [0.717, 1.165) is 17.0 Å². The Morgan fingerprint density at radius 2 is 2.21 bits per heavy atom. The first-order valence-corrected chi connectivity index (χ1v) is 6.31. The van der Waals surface area contributed by atoms with Gasteiger partial charge in [0.15, 0.2) is 0 Å². The molecule has 1 aromatic carbocycles. The van der Waals surface area contributed by atoms with Crippen LogP contribution in [0.3, 0.4) is 0 Å². The van der Waals surface area contributed by atoms with Crippen LogP contribution in [0.4, 0.5) is 0 Å². The summed E-state index contributed by atoms with van der Waals surface area (Å²) in [6.45, 7) is 2.52. The third kappa shape index (κ3) is 3.81. The standard InChI is InChI=1S/C14H15ClNO2.Y/c1-3-18-10-7-8-11(12(15)9-10)13-5-4-6-14(17)16(13)2;/h7-9H,3-4,6H2,1-2H3;/q-1;. The van der Waals surface area contributed by atoms with E-state index >= 15 is 0 Å². The number of carbonyl (C=O) groups excluding carboxylic acids is 1. The molecule has 99 valence electrons. The van der Waals surface area contributed by atoms with Gasteiger partial charge in [-0.1, -0.05) is 0 Å². The average Bonchev–Trinajstić information content (AvgIpc) is 2.34. The molecular weight excluding hydrogens is 339 g/mol. The number of amides is 1. The molecule has 0 spiro atoms. The van der Waals surface area contributed by atoms with Crippen molar-refractivity contribution in [3.05, 3.63) is 34.9 Å². The first-order valence-electron chi connectivity index (χ1n) is 5.93. The molecule has 3 nitrogen and oxygen atoms in total. The van der Waals surface area contributed by atoms with Gasteiger partial charge in [-0.2, -0.15) is 0 Å². The van der Waals surface area contributed by atoms with Crippen LogP contribution in [-0.4, -0.2) is 24.5 Å². The Morgan fingerprint density at radius 3 is 2.84 bits per heavy atom. The normalized spacial score (nSPS) is 14.8. The van der Waals surface area contributed by atoms with Gasteiger partial charge in [-0.05, 0) is 24.1 Å². The molecule has 0 fully saturated rings. The summed E-state index contributed by atoms with van der Waals surface area (Å²) in [5, 5.41) is 0.574. The molecular formula is C14H15ClNO2Y-. The molecule has 0 N–H and O–H groups in total. The van der Waals surface area contributed by atoms with Crippen molar-refractivity contribution in [2.24, 2.45) is 0 Å². The van der Waals surface area contributed by atoms with E-state index in [1.165, 1.54) is 0 Å². The summed E-state index contributed by atoms with van der Waals surface area (Å²) in [5.74, 6) is 0.824. The van der Waals surface area contributed by atoms with Crippen LogP contribution < -0.4 is 4.74 Å². The summed E-state index contributed by atoms with van der Waals surface area (Å²) in [4.78, 5) is 13.3. The minimum Gasteiger partial charge on any atom is -0.494 e. The van der Waals surface area contributed by atoms with Crippen LogP contribution in [0, 0.1) is 6.08 Å². The van der Waals surface area contributed by atoms with Crippen LogP contribution in [0.15, 0.2) is 18.2 Å². The Balaban J connectivity index is 0.00000180. The second-order valence-electron chi connectivity index (χ2n) is 4.05. The van der Waals surface area contributed by atoms with Crippen molar-refractivity contribution < 1.29 is 42.2 Å². The number of benzene rings is 1. The van der Waals surface area contributed by atoms with Crippen LogP contribution >= 0.6 is 11.6 Å². The van der Waals surface area contributed by atoms with Crippen molar-refractivity contribution in [2.75, 3.05) is 13.7 Å². The molecule has 2 rings (SSSR count). The van der Waals surface area contributed by atoms with E-state index in [1.807, 2.05) is 19.1 Å². The van der Waals surface area contributed by atoms with E-state index in [-0.39, 0.29) is 38.6 Å². The van der Waals surface area contributed by atoms with E-state index < -0.39 is 0 Å². The maximum atomic E-state index is 11.7. The monoisotopic (exact) mass is 353 g/mol. The smallest absolute Gasteiger partial charge is 0.222 e. The van der Waals surface area contributed by atoms with Crippen LogP contribution in [0.25, 0.3) is 5.70 Å². The van der Waals surface area contributed by atoms with E-state index in [0.29, 0.717) is 24.5 Å². The Morgan fingerprint density at radius 1 is 1.47 bits per heavy atom. The first kappa shape index (κ1) is 16.7. The summed E-state index contributed by atoms with van der Waals surface area (Å²) >= 11 is 6.23. The van der Waals surface area contributed by atoms with Crippen LogP contribution in [0.2, 0.25) is 5.02 Å². The zero-order valence-corrected chi connectivity index (χ0v) is 14.7. The SMILES string of the molecule is CCOc1ccc(C2=[C-]CCC(=O)N2C)c(Cl)c1.[Y]. The van der Waals surface area contributed by atoms with Crippen LogP contribution in [-0.2, 0) is 37.5 Å². The fraction of sp³-hybridized carbons (Fsp3) is 0.357. The predicted molar refractivity (Wildman–Crippen MR) is 71.3 cm³/mol. The molecule has 0 unspecified atom stereocenters. The Labute approximate surface area is 143 Å². The minimum absolute atomic E-state index is 0. The van der Waals surface area contributed by atoms with Gasteiger partial charge in [-0.25, -0.2) is 6.08 Å². The first-order chi connectivity index (χ1) is 8.63. The molecule has 1 heterocycles. The van der Waals surface area contributed by atoms with Gasteiger partial charge >= 0.3 is 0 Å². The quantitative estimate of drug-likeness (QED) is 0.781. The molecule has 0 saturated carbocycles. The molecule has 0 saturated heterocycles. The molecule has 1 aliphatic heterocycles. The van der Waals surface area contributed by atoms with Gasteiger partial charge in [0.2, 0.25) is 5.91 Å². The summed E-state index contributed by atoms with van der Waals surface area (Å²) in [7, 11) is 1.75. The molecule has 5 heteroatoms. The molecule has 19 heavy (non-hydrogen) atoms. The van der Waals surface area contributed by atoms with Crippen molar-refractivity contribution >= 4 is 23.2 Å². The summed E-state index contributed by atoms with van der Waals surface area (Å²) < 4.78 is 5.38. The zero-order chi connectivity index (χ0) is 13.1. The number of allylic oxidation sites excluding steroid dienone is 1. The van der Waals surface area contributed by atoms with Gasteiger partial charge in [-0.15, -0.1) is 35.3 Å². The van der Waals surface area contributed by atoms with E-state index in [2.05, 4.69) is 6.08 Å². The van der Waals surface area contributed by atoms with Crippen LogP contribution in [0.5, 0.6) is 5.75 Å². The molecule has 1 amide bonds. The van der Waals surface area contributed by atoms with Gasteiger partial charge in [-0.3, -0.25) is 4.79 Å². The molecule has 0 bridgehead atoms. The maximum absolute atomic E-state index is 11.7. The van der Waals surface area contributed by atoms with Crippen LogP contribution in [0.1, 0.15) is 25.3 Å². The van der Waals surface area contributed by atoms with Crippen molar-refractivity contribution in [2.45, 2.75) is 19.8 Å². The summed E-state index contributed by atoms with van der Waals surface area (Å²) in [6.07, 6.45) is 4.35. The average molecular weight is 354 g/mol. The number of carbonyl (C=O) groups is 1. The zero-order valence-electron chi connectivity index (χ0n) is 11.1. The topological polar surface area (TPSA) is 29.5 Å². The number of nitrogens with zero attached hydrogens (tertiary/aromatic N) is 1. The number of rotatable bonds is 3. The Kier molecular flexibility index (Phi) is 6.51. The molecule has 1 radical (unpaired) electrons. The Bertz CT molecular complexity index is 502. The van der Waals surface area contributed by atoms with Gasteiger partial charge in [0.1, 0.15) is 5.75 Å². The molecule has 0 aromatic heterocycles. The number of hydrogen-bond donors (Lipinski definition) is 0. The van der Waals surface area contributed by atoms with E-state index in [1.54, 1.807) is 18.0 Å². The minimum atomic E-state index is 0. The van der Waals surface area contributed by atoms with E-state index in [9.17, 15) is 4.79 Å². The second kappa shape index (κ2) is 7.42. The fourth-order valence-electron chi connectivity index (χ4n) is 1.92. The van der Waals surface area contributed by atoms with Crippen molar-refractivity contribution in [1.82, 2.24) is 4.90 Å². The Hall–Kier alpha value is -0.376. The number of ether oxygens (including phenoxy) is 1. The van der Waals surface area contributed by atoms with E-state index in [4.69, 9.17) is 16.3 Å². The number of hydrogen-bond acceptors (Lipinski definition) is 2. The second-order valence-corrected chi connectivity index (χ2v) is 4.46. The summed E-state index contributed by atoms with van der Waals surface area (Å²) in [6, 6.07) is 5.49. The van der Waals surface area contributed by atoms with Crippen molar-refractivity contribution in [3.63, 3.8) is 0 Å². The number of halogens is 1. The molecule has 0 aliphatic carbocycles. The van der Waals surface area contributed by atoms with Gasteiger partial charge in [0, 0.05) is 46.2 Å². The molecule has 1 aromatic rings. The molecule has 1 aliphatic rings. The fourth-order valence-corrected chi connectivity index (χ4v) is 2.18. The maximum Gasteiger partial charge on any atom is 0.222 e. The third-order valence-electron chi connectivity index (χ3n) is 2.85. The molecule has 0 atom stereocenters. The van der Waals surface area contributed by atoms with Gasteiger partial charge in [0.25, 0.3) is 0 Å². The van der Waals surface area contributed by atoms with Crippen molar-refractivity contribution in [3.8, 4) is 5.75 Å². The third-order valence-corrected chi connectivity index (χ3v) is 3.16. The van der Waals surface area contributed by atoms with Gasteiger partial charge < -0.3 is 9.64 Å². The van der Waals surface area contributed by atoms with Gasteiger partial charge in [0.05, 0.1) is 6.61 Å². The predicted octanol–water partition coefficient (Wildman–Crippen LogP) is 3.13. The van der Waals surface area contributed by atoms with Crippen molar-refractivity contribution in [1.29, 1.82) is 0 Å². The largest absolute Gasteiger partial charge is 0.494 e. The summed E-state index contributed by atoms with van der Waals surface area (Å²) in [5.41, 5.74) is 1.56.